The van der Waals surface area contributed by atoms with E-state index in [4.69, 9.17) is 14.7 Å². The standard InChI is InChI=1S/C21H25N3O2/c22-18-19-6-4-5-9-21(19)26-17-15-24-12-10-23(11-13-24)14-16-25-20-7-2-1-3-8-20/h1-9H,10-17H2. The van der Waals surface area contributed by atoms with Crippen molar-refractivity contribution in [3.8, 4) is 17.6 Å². The van der Waals surface area contributed by atoms with Crippen LogP contribution >= 0.6 is 0 Å². The number of para-hydroxylation sites is 2. The van der Waals surface area contributed by atoms with Crippen molar-refractivity contribution in [2.45, 2.75) is 0 Å². The van der Waals surface area contributed by atoms with Crippen molar-refractivity contribution in [1.82, 2.24) is 9.80 Å². The number of nitrogens with zero attached hydrogens (tertiary/aromatic N) is 3. The lowest BCUT2D eigenvalue weighted by atomic mass is 10.2. The van der Waals surface area contributed by atoms with Crippen LogP contribution in [0, 0.1) is 11.3 Å². The molecule has 0 unspecified atom stereocenters. The van der Waals surface area contributed by atoms with Crippen molar-refractivity contribution in [3.05, 3.63) is 60.2 Å². The molecule has 1 aliphatic heterocycles. The molecule has 0 aliphatic carbocycles. The summed E-state index contributed by atoms with van der Waals surface area (Å²) in [6, 6.07) is 19.5. The van der Waals surface area contributed by atoms with Crippen molar-refractivity contribution >= 4 is 0 Å². The van der Waals surface area contributed by atoms with Gasteiger partial charge in [-0.15, -0.1) is 0 Å². The molecule has 26 heavy (non-hydrogen) atoms. The number of benzene rings is 2. The molecule has 0 amide bonds. The summed E-state index contributed by atoms with van der Waals surface area (Å²) in [5.41, 5.74) is 0.593. The molecule has 2 aromatic rings. The van der Waals surface area contributed by atoms with Crippen LogP contribution in [0.15, 0.2) is 54.6 Å². The van der Waals surface area contributed by atoms with E-state index in [1.54, 1.807) is 6.07 Å². The molecule has 2 aromatic carbocycles. The Morgan fingerprint density at radius 2 is 1.35 bits per heavy atom. The molecule has 0 atom stereocenters. The second kappa shape index (κ2) is 9.81. The molecule has 1 aliphatic rings. The summed E-state index contributed by atoms with van der Waals surface area (Å²) in [7, 11) is 0. The molecular weight excluding hydrogens is 326 g/mol. The van der Waals surface area contributed by atoms with Crippen LogP contribution in [0.1, 0.15) is 5.56 Å². The molecule has 0 spiro atoms. The van der Waals surface area contributed by atoms with Crippen molar-refractivity contribution in [1.29, 1.82) is 5.26 Å². The number of ether oxygens (including phenoxy) is 2. The van der Waals surface area contributed by atoms with Gasteiger partial charge in [-0.25, -0.2) is 0 Å². The number of piperazine rings is 1. The Bertz CT molecular complexity index is 707. The first-order valence-electron chi connectivity index (χ1n) is 9.09. The van der Waals surface area contributed by atoms with Gasteiger partial charge >= 0.3 is 0 Å². The lowest BCUT2D eigenvalue weighted by molar-refractivity contribution is 0.105. The van der Waals surface area contributed by atoms with Crippen LogP contribution in [-0.4, -0.2) is 62.3 Å². The third-order valence-electron chi connectivity index (χ3n) is 4.56. The Morgan fingerprint density at radius 3 is 2.00 bits per heavy atom. The molecule has 0 saturated carbocycles. The first kappa shape index (κ1) is 18.2. The number of hydrogen-bond acceptors (Lipinski definition) is 5. The van der Waals surface area contributed by atoms with Crippen LogP contribution in [0.4, 0.5) is 0 Å². The van der Waals surface area contributed by atoms with Crippen molar-refractivity contribution < 1.29 is 9.47 Å². The van der Waals surface area contributed by atoms with Crippen LogP contribution in [0.3, 0.4) is 0 Å². The smallest absolute Gasteiger partial charge is 0.137 e. The second-order valence-electron chi connectivity index (χ2n) is 6.30. The minimum Gasteiger partial charge on any atom is -0.492 e. The number of hydrogen-bond donors (Lipinski definition) is 0. The Labute approximate surface area is 155 Å². The summed E-state index contributed by atoms with van der Waals surface area (Å²) in [5.74, 6) is 1.60. The van der Waals surface area contributed by atoms with Gasteiger partial charge in [-0.3, -0.25) is 9.80 Å². The summed E-state index contributed by atoms with van der Waals surface area (Å²) in [4.78, 5) is 4.84. The third kappa shape index (κ3) is 5.48. The Morgan fingerprint density at radius 1 is 0.769 bits per heavy atom. The molecule has 5 nitrogen and oxygen atoms in total. The molecule has 0 radical (unpaired) electrons. The van der Waals surface area contributed by atoms with Gasteiger partial charge in [0.1, 0.15) is 30.8 Å². The zero-order valence-electron chi connectivity index (χ0n) is 15.0. The van der Waals surface area contributed by atoms with Crippen LogP contribution < -0.4 is 9.47 Å². The van der Waals surface area contributed by atoms with E-state index in [0.717, 1.165) is 51.6 Å². The second-order valence-corrected chi connectivity index (χ2v) is 6.30. The highest BCUT2D eigenvalue weighted by Gasteiger charge is 2.16. The summed E-state index contributed by atoms with van der Waals surface area (Å²) in [6.07, 6.45) is 0. The van der Waals surface area contributed by atoms with Gasteiger partial charge in [0.2, 0.25) is 0 Å². The molecule has 0 N–H and O–H groups in total. The van der Waals surface area contributed by atoms with E-state index < -0.39 is 0 Å². The van der Waals surface area contributed by atoms with Gasteiger partial charge in [-0.2, -0.15) is 5.26 Å². The summed E-state index contributed by atoms with van der Waals surface area (Å²) in [6.45, 7) is 7.33. The van der Waals surface area contributed by atoms with Gasteiger partial charge < -0.3 is 9.47 Å². The average Bonchev–Trinajstić information content (AvgIpc) is 2.70. The maximum absolute atomic E-state index is 9.08. The minimum atomic E-state index is 0.593. The highest BCUT2D eigenvalue weighted by atomic mass is 16.5. The monoisotopic (exact) mass is 351 g/mol. The van der Waals surface area contributed by atoms with Gasteiger partial charge in [0.25, 0.3) is 0 Å². The quantitative estimate of drug-likeness (QED) is 0.732. The van der Waals surface area contributed by atoms with Gasteiger partial charge in [0, 0.05) is 39.3 Å². The number of rotatable bonds is 8. The molecule has 1 fully saturated rings. The molecule has 3 rings (SSSR count). The average molecular weight is 351 g/mol. The van der Waals surface area contributed by atoms with E-state index in [1.165, 1.54) is 0 Å². The molecule has 0 aromatic heterocycles. The maximum Gasteiger partial charge on any atom is 0.137 e. The van der Waals surface area contributed by atoms with E-state index >= 15 is 0 Å². The zero-order valence-corrected chi connectivity index (χ0v) is 15.0. The molecule has 1 heterocycles. The lowest BCUT2D eigenvalue weighted by Crippen LogP contribution is -2.48. The van der Waals surface area contributed by atoms with Gasteiger partial charge in [-0.1, -0.05) is 30.3 Å². The highest BCUT2D eigenvalue weighted by molar-refractivity contribution is 5.42. The van der Waals surface area contributed by atoms with Crippen molar-refractivity contribution in [3.63, 3.8) is 0 Å². The normalized spacial score (nSPS) is 15.3. The van der Waals surface area contributed by atoms with E-state index in [9.17, 15) is 0 Å². The predicted octanol–water partition coefficient (Wildman–Crippen LogP) is 2.63. The summed E-state index contributed by atoms with van der Waals surface area (Å²) in [5, 5.41) is 9.08. The summed E-state index contributed by atoms with van der Waals surface area (Å²) >= 11 is 0. The Kier molecular flexibility index (Phi) is 6.88. The minimum absolute atomic E-state index is 0.593. The zero-order chi connectivity index (χ0) is 18.0. The van der Waals surface area contributed by atoms with Crippen molar-refractivity contribution in [2.24, 2.45) is 0 Å². The van der Waals surface area contributed by atoms with Gasteiger partial charge in [-0.05, 0) is 24.3 Å². The predicted molar refractivity (Wildman–Crippen MR) is 101 cm³/mol. The van der Waals surface area contributed by atoms with Crippen LogP contribution in [0.25, 0.3) is 0 Å². The fourth-order valence-electron chi connectivity index (χ4n) is 3.02. The molecule has 5 heteroatoms. The topological polar surface area (TPSA) is 48.7 Å². The van der Waals surface area contributed by atoms with Crippen molar-refractivity contribution in [2.75, 3.05) is 52.5 Å². The van der Waals surface area contributed by atoms with Crippen LogP contribution in [-0.2, 0) is 0 Å². The SMILES string of the molecule is N#Cc1ccccc1OCCN1CCN(CCOc2ccccc2)CC1. The number of nitriles is 1. The van der Waals surface area contributed by atoms with E-state index in [-0.39, 0.29) is 0 Å². The van der Waals surface area contributed by atoms with Crippen LogP contribution in [0.2, 0.25) is 0 Å². The van der Waals surface area contributed by atoms with E-state index in [2.05, 4.69) is 15.9 Å². The van der Waals surface area contributed by atoms with E-state index in [1.807, 2.05) is 48.5 Å². The molecule has 136 valence electrons. The summed E-state index contributed by atoms with van der Waals surface area (Å²) < 4.78 is 11.5. The Hall–Kier alpha value is -2.55. The highest BCUT2D eigenvalue weighted by Crippen LogP contribution is 2.16. The van der Waals surface area contributed by atoms with Gasteiger partial charge in [0.05, 0.1) is 5.56 Å². The molecule has 0 bridgehead atoms. The largest absolute Gasteiger partial charge is 0.492 e. The maximum atomic E-state index is 9.08. The fourth-order valence-corrected chi connectivity index (χ4v) is 3.02. The first-order valence-corrected chi connectivity index (χ1v) is 9.09. The third-order valence-corrected chi connectivity index (χ3v) is 4.56. The lowest BCUT2D eigenvalue weighted by Gasteiger charge is -2.34. The molecular formula is C21H25N3O2. The van der Waals surface area contributed by atoms with E-state index in [0.29, 0.717) is 17.9 Å². The van der Waals surface area contributed by atoms with Gasteiger partial charge in [0.15, 0.2) is 0 Å². The Balaban J connectivity index is 1.31. The fraction of sp³-hybridized carbons (Fsp3) is 0.381. The first-order chi connectivity index (χ1) is 12.8. The molecule has 1 saturated heterocycles. The van der Waals surface area contributed by atoms with Crippen LogP contribution in [0.5, 0.6) is 11.5 Å².